The van der Waals surface area contributed by atoms with Crippen molar-refractivity contribution < 1.29 is 32.0 Å². The molecule has 3 rings (SSSR count). The van der Waals surface area contributed by atoms with Gasteiger partial charge in [-0.2, -0.15) is 8.42 Å². The molecule has 39 heavy (non-hydrogen) atoms. The minimum absolute atomic E-state index is 0.0159. The van der Waals surface area contributed by atoms with Gasteiger partial charge in [0.15, 0.2) is 6.61 Å². The van der Waals surface area contributed by atoms with Gasteiger partial charge >= 0.3 is 5.97 Å². The zero-order valence-electron chi connectivity index (χ0n) is 24.5. The van der Waals surface area contributed by atoms with E-state index in [1.165, 1.54) is 12.1 Å². The number of Topliss-reactive ketones (excluding diaryl/α,β-unsaturated/α-hetero) is 1. The van der Waals surface area contributed by atoms with Gasteiger partial charge in [-0.1, -0.05) is 58.4 Å². The molecule has 0 aliphatic heterocycles. The molecule has 2 bridgehead atoms. The summed E-state index contributed by atoms with van der Waals surface area (Å²) in [6.07, 6.45) is 3.50. The molecule has 2 aliphatic rings. The first-order valence-corrected chi connectivity index (χ1v) is 15.4. The molecule has 1 aromatic rings. The van der Waals surface area contributed by atoms with Crippen LogP contribution in [0.25, 0.3) is 0 Å². The molecule has 8 heteroatoms. The van der Waals surface area contributed by atoms with E-state index < -0.39 is 45.7 Å². The first kappa shape index (κ1) is 31.5. The van der Waals surface area contributed by atoms with Gasteiger partial charge in [0.2, 0.25) is 0 Å². The van der Waals surface area contributed by atoms with Crippen molar-refractivity contribution in [3.63, 3.8) is 0 Å². The highest BCUT2D eigenvalue weighted by Crippen LogP contribution is 2.65. The molecule has 8 atom stereocenters. The molecule has 2 fully saturated rings. The van der Waals surface area contributed by atoms with Crippen LogP contribution in [-0.2, 0) is 28.6 Å². The van der Waals surface area contributed by atoms with Crippen LogP contribution in [0.5, 0.6) is 0 Å². The standard InChI is InChI=1S/C31H46O7S/c1-9-29(7)18-26(38-27(33)19-37-39(35,36)25-12-10-20(2)11-13-25)30(8)21(3)14-16-31(24(30)6,17-15-22(4)32)23(5)28(29)34/h9-13,21,23-24,26,28,34H,1,14-19H2,2-8H3/t21?,23-,24?,26+,28-,29+,30+,31-/m0/s1. The second kappa shape index (κ2) is 11.5. The smallest absolute Gasteiger partial charge is 0.333 e. The van der Waals surface area contributed by atoms with E-state index >= 15 is 0 Å². The van der Waals surface area contributed by atoms with Crippen LogP contribution in [0.3, 0.4) is 0 Å². The Balaban J connectivity index is 1.95. The average molecular weight is 563 g/mol. The summed E-state index contributed by atoms with van der Waals surface area (Å²) < 4.78 is 36.5. The van der Waals surface area contributed by atoms with Crippen molar-refractivity contribution in [3.05, 3.63) is 42.5 Å². The molecule has 0 spiro atoms. The van der Waals surface area contributed by atoms with E-state index in [1.54, 1.807) is 25.1 Å². The number of ketones is 1. The zero-order chi connectivity index (χ0) is 29.4. The number of hydrogen-bond acceptors (Lipinski definition) is 7. The highest BCUT2D eigenvalue weighted by Gasteiger charge is 2.62. The SMILES string of the molecule is C=C[C@]1(C)C[C@@H](OC(=O)COS(=O)(=O)c2ccc(C)cc2)[C@]2(C)C(C)CC[C@@](CCC(C)=O)(C2C)[C@@H](C)[C@@H]1O. The predicted molar refractivity (Wildman–Crippen MR) is 150 cm³/mol. The summed E-state index contributed by atoms with van der Waals surface area (Å²) in [7, 11) is -4.14. The van der Waals surface area contributed by atoms with Crippen LogP contribution in [0.15, 0.2) is 41.8 Å². The number of aliphatic hydroxyl groups excluding tert-OH is 1. The molecule has 218 valence electrons. The van der Waals surface area contributed by atoms with Crippen LogP contribution < -0.4 is 0 Å². The number of hydrogen-bond donors (Lipinski definition) is 1. The molecule has 1 aromatic carbocycles. The summed E-state index contributed by atoms with van der Waals surface area (Å²) >= 11 is 0. The summed E-state index contributed by atoms with van der Waals surface area (Å²) in [5.41, 5.74) is -0.687. The lowest BCUT2D eigenvalue weighted by Crippen LogP contribution is -2.62. The monoisotopic (exact) mass is 562 g/mol. The fraction of sp³-hybridized carbons (Fsp3) is 0.677. The van der Waals surface area contributed by atoms with Crippen LogP contribution >= 0.6 is 0 Å². The van der Waals surface area contributed by atoms with Crippen molar-refractivity contribution >= 4 is 21.9 Å². The minimum Gasteiger partial charge on any atom is -0.460 e. The third-order valence-electron chi connectivity index (χ3n) is 10.6. The van der Waals surface area contributed by atoms with Gasteiger partial charge in [-0.3, -0.25) is 4.18 Å². The van der Waals surface area contributed by atoms with Gasteiger partial charge in [0, 0.05) is 17.3 Å². The fourth-order valence-electron chi connectivity index (χ4n) is 7.34. The average Bonchev–Trinajstić information content (AvgIpc) is 2.89. The first-order chi connectivity index (χ1) is 18.0. The summed E-state index contributed by atoms with van der Waals surface area (Å²) in [6.45, 7) is 17.2. The summed E-state index contributed by atoms with van der Waals surface area (Å²) in [4.78, 5) is 25.2. The van der Waals surface area contributed by atoms with Crippen LogP contribution in [0, 0.1) is 40.9 Å². The molecule has 2 saturated carbocycles. The van der Waals surface area contributed by atoms with Crippen molar-refractivity contribution in [1.82, 2.24) is 0 Å². The lowest BCUT2D eigenvalue weighted by molar-refractivity contribution is -0.213. The topological polar surface area (TPSA) is 107 Å². The minimum atomic E-state index is -4.14. The van der Waals surface area contributed by atoms with Gasteiger partial charge in [-0.25, -0.2) is 4.79 Å². The van der Waals surface area contributed by atoms with Crippen molar-refractivity contribution in [2.45, 2.75) is 97.7 Å². The number of rotatable bonds is 9. The summed E-state index contributed by atoms with van der Waals surface area (Å²) in [5, 5.41) is 11.7. The number of benzene rings is 1. The van der Waals surface area contributed by atoms with Crippen LogP contribution in [-0.4, -0.2) is 44.1 Å². The van der Waals surface area contributed by atoms with Gasteiger partial charge in [0.1, 0.15) is 11.9 Å². The molecule has 7 nitrogen and oxygen atoms in total. The van der Waals surface area contributed by atoms with E-state index in [0.29, 0.717) is 19.3 Å². The maximum absolute atomic E-state index is 13.2. The van der Waals surface area contributed by atoms with Gasteiger partial charge < -0.3 is 14.6 Å². The maximum atomic E-state index is 13.2. The fourth-order valence-corrected chi connectivity index (χ4v) is 8.20. The lowest BCUT2D eigenvalue weighted by atomic mass is 9.42. The first-order valence-electron chi connectivity index (χ1n) is 14.0. The molecule has 0 saturated heterocycles. The van der Waals surface area contributed by atoms with Crippen LogP contribution in [0.1, 0.15) is 79.2 Å². The van der Waals surface area contributed by atoms with E-state index in [0.717, 1.165) is 18.4 Å². The van der Waals surface area contributed by atoms with E-state index in [2.05, 4.69) is 34.3 Å². The molecule has 1 N–H and O–H groups in total. The van der Waals surface area contributed by atoms with Crippen LogP contribution in [0.2, 0.25) is 0 Å². The molecular formula is C31H46O7S. The predicted octanol–water partition coefficient (Wildman–Crippen LogP) is 5.63. The molecular weight excluding hydrogens is 516 g/mol. The van der Waals surface area contributed by atoms with E-state index in [4.69, 9.17) is 8.92 Å². The third-order valence-corrected chi connectivity index (χ3v) is 11.9. The lowest BCUT2D eigenvalue weighted by Gasteiger charge is -2.64. The van der Waals surface area contributed by atoms with Gasteiger partial charge in [0.25, 0.3) is 10.1 Å². The highest BCUT2D eigenvalue weighted by molar-refractivity contribution is 7.86. The molecule has 0 amide bonds. The normalized spacial score (nSPS) is 36.9. The maximum Gasteiger partial charge on any atom is 0.333 e. The van der Waals surface area contributed by atoms with Gasteiger partial charge in [-0.15, -0.1) is 6.58 Å². The number of esters is 1. The Labute approximate surface area is 234 Å². The molecule has 0 heterocycles. The van der Waals surface area contributed by atoms with Gasteiger partial charge in [0.05, 0.1) is 11.0 Å². The van der Waals surface area contributed by atoms with Gasteiger partial charge in [-0.05, 0) is 74.8 Å². The largest absolute Gasteiger partial charge is 0.460 e. The van der Waals surface area contributed by atoms with E-state index in [-0.39, 0.29) is 33.8 Å². The number of carbonyl (C=O) groups excluding carboxylic acids is 2. The molecule has 0 aromatic heterocycles. The Morgan fingerprint density at radius 3 is 2.33 bits per heavy atom. The number of aryl methyl sites for hydroxylation is 1. The molecule has 2 aliphatic carbocycles. The van der Waals surface area contributed by atoms with E-state index in [1.807, 2.05) is 13.8 Å². The quantitative estimate of drug-likeness (QED) is 0.236. The van der Waals surface area contributed by atoms with Crippen molar-refractivity contribution in [2.24, 2.45) is 34.0 Å². The Hall–Kier alpha value is -2.03. The second-order valence-electron chi connectivity index (χ2n) is 12.6. The zero-order valence-corrected chi connectivity index (χ0v) is 25.3. The Morgan fingerprint density at radius 2 is 1.77 bits per heavy atom. The van der Waals surface area contributed by atoms with Crippen molar-refractivity contribution in [2.75, 3.05) is 6.61 Å². The van der Waals surface area contributed by atoms with Crippen molar-refractivity contribution in [1.29, 1.82) is 0 Å². The van der Waals surface area contributed by atoms with Crippen molar-refractivity contribution in [3.8, 4) is 0 Å². The number of aliphatic hydroxyl groups is 1. The highest BCUT2D eigenvalue weighted by atomic mass is 32.2. The Morgan fingerprint density at radius 1 is 1.15 bits per heavy atom. The second-order valence-corrected chi connectivity index (χ2v) is 14.2. The number of carbonyl (C=O) groups is 2. The Bertz CT molecular complexity index is 1180. The van der Waals surface area contributed by atoms with Crippen LogP contribution in [0.4, 0.5) is 0 Å². The summed E-state index contributed by atoms with van der Waals surface area (Å²) in [5.74, 6) is -0.569. The number of ether oxygens (including phenoxy) is 1. The third kappa shape index (κ3) is 5.89. The summed E-state index contributed by atoms with van der Waals surface area (Å²) in [6, 6.07) is 6.21. The van der Waals surface area contributed by atoms with E-state index in [9.17, 15) is 23.1 Å². The molecule has 0 radical (unpaired) electrons. The Kier molecular flexibility index (Phi) is 9.25. The molecule has 2 unspecified atom stereocenters. The number of fused-ring (bicyclic) bond motifs is 2.